The van der Waals surface area contributed by atoms with Crippen molar-refractivity contribution in [3.8, 4) is 0 Å². The van der Waals surface area contributed by atoms with E-state index in [1.165, 1.54) is 12.1 Å². The van der Waals surface area contributed by atoms with Crippen LogP contribution < -0.4 is 4.72 Å². The molecule has 0 amide bonds. The summed E-state index contributed by atoms with van der Waals surface area (Å²) in [4.78, 5) is -0.314. The summed E-state index contributed by atoms with van der Waals surface area (Å²) in [6.45, 7) is 0.298. The molecule has 0 aliphatic carbocycles. The molecule has 0 fully saturated rings. The summed E-state index contributed by atoms with van der Waals surface area (Å²) in [6, 6.07) is 5.16. The van der Waals surface area contributed by atoms with Crippen molar-refractivity contribution in [3.63, 3.8) is 0 Å². The van der Waals surface area contributed by atoms with Crippen LogP contribution in [0.3, 0.4) is 0 Å². The highest BCUT2D eigenvalue weighted by Crippen LogP contribution is 2.35. The van der Waals surface area contributed by atoms with E-state index < -0.39 is 41.3 Å². The van der Waals surface area contributed by atoms with Crippen molar-refractivity contribution in [2.75, 3.05) is 6.54 Å². The van der Waals surface area contributed by atoms with Crippen LogP contribution in [0, 0.1) is 12.8 Å². The van der Waals surface area contributed by atoms with Crippen LogP contribution in [0.4, 0.5) is 26.3 Å². The summed E-state index contributed by atoms with van der Waals surface area (Å²) >= 11 is 0. The number of aryl methyl sites for hydroxylation is 1. The molecule has 1 unspecified atom stereocenters. The minimum absolute atomic E-state index is 0.314. The molecule has 10 heteroatoms. The second-order valence-corrected chi connectivity index (χ2v) is 6.49. The van der Waals surface area contributed by atoms with Crippen LogP contribution in [-0.2, 0) is 10.0 Å². The van der Waals surface area contributed by atoms with E-state index >= 15 is 0 Å². The summed E-state index contributed by atoms with van der Waals surface area (Å²) in [5.41, 5.74) is 0.726. The molecule has 1 N–H and O–H groups in total. The first kappa shape index (κ1) is 18.8. The normalized spacial score (nSPS) is 14.9. The molecule has 1 atom stereocenters. The van der Waals surface area contributed by atoms with Gasteiger partial charge in [-0.15, -0.1) is 0 Å². The first-order chi connectivity index (χ1) is 9.81. The molecular weight excluding hydrogens is 336 g/mol. The smallest absolute Gasteiger partial charge is 0.211 e. The summed E-state index contributed by atoms with van der Waals surface area (Å²) in [5, 5.41) is 0. The third-order valence-electron chi connectivity index (χ3n) is 2.79. The average Bonchev–Trinajstić information content (AvgIpc) is 2.32. The maximum absolute atomic E-state index is 12.5. The largest absolute Gasteiger partial charge is 0.393 e. The number of nitrogens with one attached hydrogen (secondary N) is 1. The lowest BCUT2D eigenvalue weighted by molar-refractivity contribution is -0.216. The van der Waals surface area contributed by atoms with Crippen LogP contribution in [-0.4, -0.2) is 27.3 Å². The van der Waals surface area contributed by atoms with Crippen molar-refractivity contribution in [1.82, 2.24) is 4.72 Å². The van der Waals surface area contributed by atoms with Crippen molar-refractivity contribution >= 4 is 10.0 Å². The lowest BCUT2D eigenvalue weighted by Crippen LogP contribution is -2.39. The summed E-state index contributed by atoms with van der Waals surface area (Å²) < 4.78 is 99.2. The Labute approximate surface area is 123 Å². The second kappa shape index (κ2) is 6.45. The molecule has 0 heterocycles. The molecule has 0 saturated carbocycles. The maximum Gasteiger partial charge on any atom is 0.393 e. The third-order valence-corrected chi connectivity index (χ3v) is 4.23. The Kier molecular flexibility index (Phi) is 5.50. The molecule has 0 aliphatic heterocycles. The fourth-order valence-electron chi connectivity index (χ4n) is 1.59. The Bertz CT molecular complexity index is 592. The van der Waals surface area contributed by atoms with Gasteiger partial charge in [-0.1, -0.05) is 17.7 Å². The zero-order valence-electron chi connectivity index (χ0n) is 11.3. The molecule has 0 radical (unpaired) electrons. The van der Waals surface area contributed by atoms with Gasteiger partial charge in [0.05, 0.1) is 17.2 Å². The molecule has 0 aromatic heterocycles. The fourth-order valence-corrected chi connectivity index (χ4v) is 2.68. The van der Waals surface area contributed by atoms with Crippen molar-refractivity contribution in [2.24, 2.45) is 5.92 Å². The predicted molar refractivity (Wildman–Crippen MR) is 66.6 cm³/mol. The lowest BCUT2D eigenvalue weighted by Gasteiger charge is -2.21. The van der Waals surface area contributed by atoms with E-state index in [0.29, 0.717) is 0 Å². The van der Waals surface area contributed by atoms with Gasteiger partial charge in [-0.25, -0.2) is 13.1 Å². The number of rotatable bonds is 5. The maximum atomic E-state index is 12.5. The van der Waals surface area contributed by atoms with Crippen LogP contribution in [0.15, 0.2) is 29.2 Å². The first-order valence-electron chi connectivity index (χ1n) is 6.01. The molecule has 3 nitrogen and oxygen atoms in total. The van der Waals surface area contributed by atoms with Crippen LogP contribution >= 0.6 is 0 Å². The van der Waals surface area contributed by atoms with Crippen LogP contribution in [0.1, 0.15) is 12.0 Å². The van der Waals surface area contributed by atoms with Gasteiger partial charge in [-0.3, -0.25) is 0 Å². The predicted octanol–water partition coefficient (Wildman–Crippen LogP) is 3.40. The highest BCUT2D eigenvalue weighted by atomic mass is 32.2. The Hall–Kier alpha value is -1.29. The Morgan fingerprint density at radius 3 is 1.95 bits per heavy atom. The minimum atomic E-state index is -5.16. The van der Waals surface area contributed by atoms with E-state index in [1.54, 1.807) is 11.6 Å². The molecule has 0 saturated heterocycles. The summed E-state index contributed by atoms with van der Waals surface area (Å²) in [7, 11) is -4.31. The van der Waals surface area contributed by atoms with Gasteiger partial charge in [0, 0.05) is 6.54 Å². The molecule has 126 valence electrons. The number of halogens is 6. The quantitative estimate of drug-likeness (QED) is 0.828. The molecule has 0 bridgehead atoms. The van der Waals surface area contributed by atoms with Gasteiger partial charge < -0.3 is 0 Å². The van der Waals surface area contributed by atoms with Gasteiger partial charge in [-0.2, -0.15) is 26.3 Å². The fraction of sp³-hybridized carbons (Fsp3) is 0.500. The highest BCUT2D eigenvalue weighted by molar-refractivity contribution is 7.89. The third kappa shape index (κ3) is 5.84. The second-order valence-electron chi connectivity index (χ2n) is 4.72. The van der Waals surface area contributed by atoms with E-state index in [9.17, 15) is 34.8 Å². The highest BCUT2D eigenvalue weighted by Gasteiger charge is 2.46. The average molecular weight is 349 g/mol. The van der Waals surface area contributed by atoms with Crippen LogP contribution in [0.5, 0.6) is 0 Å². The van der Waals surface area contributed by atoms with E-state index in [1.807, 2.05) is 0 Å². The number of sulfonamides is 1. The molecule has 0 aliphatic rings. The number of hydrogen-bond donors (Lipinski definition) is 1. The molecule has 1 aromatic carbocycles. The van der Waals surface area contributed by atoms with Gasteiger partial charge in [-0.05, 0) is 19.1 Å². The Balaban J connectivity index is 2.85. The minimum Gasteiger partial charge on any atom is -0.211 e. The Morgan fingerprint density at radius 1 is 1.05 bits per heavy atom. The summed E-state index contributed by atoms with van der Waals surface area (Å²) in [5.74, 6) is -2.84. The first-order valence-corrected chi connectivity index (χ1v) is 7.49. The number of hydrogen-bond acceptors (Lipinski definition) is 2. The zero-order chi connectivity index (χ0) is 17.2. The molecule has 0 spiro atoms. The topological polar surface area (TPSA) is 46.2 Å². The van der Waals surface area contributed by atoms with Gasteiger partial charge in [0.2, 0.25) is 10.0 Å². The van der Waals surface area contributed by atoms with Crippen LogP contribution in [0.25, 0.3) is 0 Å². The van der Waals surface area contributed by atoms with Crippen molar-refractivity contribution < 1.29 is 34.8 Å². The number of alkyl halides is 6. The SMILES string of the molecule is Cc1ccc(S(=O)(=O)NCC(CC(F)(F)F)C(F)(F)F)cc1. The van der Waals surface area contributed by atoms with Gasteiger partial charge in [0.25, 0.3) is 0 Å². The van der Waals surface area contributed by atoms with E-state index in [0.717, 1.165) is 17.7 Å². The van der Waals surface area contributed by atoms with E-state index in [2.05, 4.69) is 0 Å². The molecular formula is C12H13F6NO2S. The van der Waals surface area contributed by atoms with E-state index in [-0.39, 0.29) is 4.90 Å². The van der Waals surface area contributed by atoms with Gasteiger partial charge >= 0.3 is 12.4 Å². The molecule has 22 heavy (non-hydrogen) atoms. The van der Waals surface area contributed by atoms with Crippen molar-refractivity contribution in [1.29, 1.82) is 0 Å². The van der Waals surface area contributed by atoms with E-state index in [4.69, 9.17) is 0 Å². The summed E-state index contributed by atoms with van der Waals surface area (Å²) in [6.07, 6.45) is -12.4. The molecule has 1 rings (SSSR count). The lowest BCUT2D eigenvalue weighted by atomic mass is 10.1. The number of benzene rings is 1. The monoisotopic (exact) mass is 349 g/mol. The standard InChI is InChI=1S/C12H13F6NO2S/c1-8-2-4-10(5-3-8)22(20,21)19-7-9(12(16,17)18)6-11(13,14)15/h2-5,9,19H,6-7H2,1H3. The van der Waals surface area contributed by atoms with Gasteiger partial charge in [0.1, 0.15) is 0 Å². The van der Waals surface area contributed by atoms with Crippen LogP contribution in [0.2, 0.25) is 0 Å². The van der Waals surface area contributed by atoms with Crippen molar-refractivity contribution in [2.45, 2.75) is 30.6 Å². The van der Waals surface area contributed by atoms with Crippen molar-refractivity contribution in [3.05, 3.63) is 29.8 Å². The Morgan fingerprint density at radius 2 is 1.55 bits per heavy atom. The van der Waals surface area contributed by atoms with Gasteiger partial charge in [0.15, 0.2) is 0 Å². The zero-order valence-corrected chi connectivity index (χ0v) is 12.1. The molecule has 1 aromatic rings.